The van der Waals surface area contributed by atoms with Crippen LogP contribution in [0.3, 0.4) is 0 Å². The van der Waals surface area contributed by atoms with Crippen molar-refractivity contribution in [1.82, 2.24) is 9.55 Å². The van der Waals surface area contributed by atoms with Gasteiger partial charge < -0.3 is 9.67 Å². The van der Waals surface area contributed by atoms with E-state index in [0.717, 1.165) is 16.9 Å². The summed E-state index contributed by atoms with van der Waals surface area (Å²) in [5.41, 5.74) is 4.09. The van der Waals surface area contributed by atoms with Crippen molar-refractivity contribution in [3.63, 3.8) is 0 Å². The van der Waals surface area contributed by atoms with E-state index in [1.165, 1.54) is 5.56 Å². The summed E-state index contributed by atoms with van der Waals surface area (Å²) >= 11 is 0. The smallest absolute Gasteiger partial charge is 0.335 e. The van der Waals surface area contributed by atoms with Gasteiger partial charge in [-0.2, -0.15) is 0 Å². The molecule has 0 amide bonds. The number of aromatic nitrogens is 2. The molecule has 4 heteroatoms. The van der Waals surface area contributed by atoms with E-state index in [0.29, 0.717) is 5.52 Å². The summed E-state index contributed by atoms with van der Waals surface area (Å²) in [4.78, 5) is 15.6. The third-order valence-electron chi connectivity index (χ3n) is 3.44. The van der Waals surface area contributed by atoms with Gasteiger partial charge >= 0.3 is 5.97 Å². The Morgan fingerprint density at radius 3 is 2.50 bits per heavy atom. The first-order chi connectivity index (χ1) is 9.56. The van der Waals surface area contributed by atoms with E-state index in [9.17, 15) is 4.79 Å². The monoisotopic (exact) mass is 266 g/mol. The predicted octanol–water partition coefficient (Wildman–Crippen LogP) is 3.25. The number of rotatable bonds is 2. The normalized spacial score (nSPS) is 10.9. The van der Waals surface area contributed by atoms with Crippen molar-refractivity contribution in [2.24, 2.45) is 7.05 Å². The summed E-state index contributed by atoms with van der Waals surface area (Å²) in [5, 5.41) is 9.03. The third kappa shape index (κ3) is 1.95. The van der Waals surface area contributed by atoms with Gasteiger partial charge in [0.1, 0.15) is 5.82 Å². The maximum absolute atomic E-state index is 11.0. The lowest BCUT2D eigenvalue weighted by atomic mass is 10.1. The number of aromatic carboxylic acids is 1. The molecular weight excluding hydrogens is 252 g/mol. The molecule has 0 saturated carbocycles. The largest absolute Gasteiger partial charge is 0.478 e. The molecule has 20 heavy (non-hydrogen) atoms. The SMILES string of the molecule is Cc1ccc(-c2nc3cc(C(=O)O)ccc3n2C)cc1. The third-order valence-corrected chi connectivity index (χ3v) is 3.44. The lowest BCUT2D eigenvalue weighted by Crippen LogP contribution is -1.95. The summed E-state index contributed by atoms with van der Waals surface area (Å²) in [7, 11) is 1.94. The van der Waals surface area contributed by atoms with Crippen molar-refractivity contribution in [1.29, 1.82) is 0 Å². The summed E-state index contributed by atoms with van der Waals surface area (Å²) < 4.78 is 1.98. The standard InChI is InChI=1S/C16H14N2O2/c1-10-3-5-11(6-4-10)15-17-13-9-12(16(19)20)7-8-14(13)18(15)2/h3-9H,1-2H3,(H,19,20). The molecule has 0 aliphatic rings. The fourth-order valence-corrected chi connectivity index (χ4v) is 2.29. The fraction of sp³-hybridized carbons (Fsp3) is 0.125. The van der Waals surface area contributed by atoms with Crippen molar-refractivity contribution in [2.45, 2.75) is 6.92 Å². The fourth-order valence-electron chi connectivity index (χ4n) is 2.29. The summed E-state index contributed by atoms with van der Waals surface area (Å²) in [6, 6.07) is 13.1. The Morgan fingerprint density at radius 2 is 1.85 bits per heavy atom. The quantitative estimate of drug-likeness (QED) is 0.774. The van der Waals surface area contributed by atoms with Gasteiger partial charge in [-0.3, -0.25) is 0 Å². The number of carboxylic acid groups (broad SMARTS) is 1. The molecule has 1 aromatic heterocycles. The van der Waals surface area contributed by atoms with Gasteiger partial charge in [-0.05, 0) is 25.1 Å². The molecule has 100 valence electrons. The van der Waals surface area contributed by atoms with E-state index in [-0.39, 0.29) is 5.56 Å². The number of nitrogens with zero attached hydrogens (tertiary/aromatic N) is 2. The summed E-state index contributed by atoms with van der Waals surface area (Å²) in [5.74, 6) is -0.100. The number of benzene rings is 2. The molecule has 4 nitrogen and oxygen atoms in total. The molecule has 0 bridgehead atoms. The first-order valence-corrected chi connectivity index (χ1v) is 6.33. The molecule has 0 radical (unpaired) electrons. The second kappa shape index (κ2) is 4.49. The highest BCUT2D eigenvalue weighted by Gasteiger charge is 2.12. The molecule has 0 unspecified atom stereocenters. The van der Waals surface area contributed by atoms with Crippen LogP contribution < -0.4 is 0 Å². The van der Waals surface area contributed by atoms with E-state index in [2.05, 4.69) is 4.98 Å². The molecule has 0 spiro atoms. The zero-order valence-corrected chi connectivity index (χ0v) is 11.3. The van der Waals surface area contributed by atoms with Crippen LogP contribution in [-0.2, 0) is 7.05 Å². The predicted molar refractivity (Wildman–Crippen MR) is 77.8 cm³/mol. The van der Waals surface area contributed by atoms with Crippen LogP contribution in [0.1, 0.15) is 15.9 Å². The minimum absolute atomic E-state index is 0.256. The molecule has 0 saturated heterocycles. The van der Waals surface area contributed by atoms with Gasteiger partial charge in [0.05, 0.1) is 16.6 Å². The molecule has 0 fully saturated rings. The van der Waals surface area contributed by atoms with Crippen LogP contribution in [0.5, 0.6) is 0 Å². The van der Waals surface area contributed by atoms with E-state index in [4.69, 9.17) is 5.11 Å². The molecule has 2 aromatic carbocycles. The van der Waals surface area contributed by atoms with E-state index in [1.807, 2.05) is 42.8 Å². The number of hydrogen-bond donors (Lipinski definition) is 1. The zero-order valence-electron chi connectivity index (χ0n) is 11.3. The number of carboxylic acids is 1. The van der Waals surface area contributed by atoms with Gasteiger partial charge in [0.2, 0.25) is 0 Å². The first kappa shape index (κ1) is 12.4. The van der Waals surface area contributed by atoms with Gasteiger partial charge in [0, 0.05) is 12.6 Å². The molecule has 1 N–H and O–H groups in total. The Labute approximate surface area is 116 Å². The number of hydrogen-bond acceptors (Lipinski definition) is 2. The van der Waals surface area contributed by atoms with Crippen molar-refractivity contribution >= 4 is 17.0 Å². The van der Waals surface area contributed by atoms with Gasteiger partial charge in [-0.15, -0.1) is 0 Å². The van der Waals surface area contributed by atoms with E-state index >= 15 is 0 Å². The van der Waals surface area contributed by atoms with Crippen molar-refractivity contribution in [3.8, 4) is 11.4 Å². The van der Waals surface area contributed by atoms with Crippen LogP contribution in [0.2, 0.25) is 0 Å². The van der Waals surface area contributed by atoms with Crippen molar-refractivity contribution in [2.75, 3.05) is 0 Å². The van der Waals surface area contributed by atoms with Crippen molar-refractivity contribution in [3.05, 3.63) is 53.6 Å². The zero-order chi connectivity index (χ0) is 14.3. The van der Waals surface area contributed by atoms with E-state index in [1.54, 1.807) is 18.2 Å². The second-order valence-electron chi connectivity index (χ2n) is 4.87. The van der Waals surface area contributed by atoms with Crippen LogP contribution in [0.4, 0.5) is 0 Å². The Hall–Kier alpha value is -2.62. The van der Waals surface area contributed by atoms with Gasteiger partial charge in [-0.25, -0.2) is 9.78 Å². The van der Waals surface area contributed by atoms with Crippen LogP contribution in [-0.4, -0.2) is 20.6 Å². The number of carbonyl (C=O) groups is 1. The lowest BCUT2D eigenvalue weighted by molar-refractivity contribution is 0.0697. The topological polar surface area (TPSA) is 55.1 Å². The Bertz CT molecular complexity index is 801. The van der Waals surface area contributed by atoms with Gasteiger partial charge in [0.25, 0.3) is 0 Å². The Morgan fingerprint density at radius 1 is 1.15 bits per heavy atom. The lowest BCUT2D eigenvalue weighted by Gasteiger charge is -2.02. The average molecular weight is 266 g/mol. The highest BCUT2D eigenvalue weighted by molar-refractivity contribution is 5.93. The first-order valence-electron chi connectivity index (χ1n) is 6.33. The van der Waals surface area contributed by atoms with Gasteiger partial charge in [0.15, 0.2) is 0 Å². The average Bonchev–Trinajstić information content (AvgIpc) is 2.76. The molecule has 1 heterocycles. The molecular formula is C16H14N2O2. The van der Waals surface area contributed by atoms with Gasteiger partial charge in [-0.1, -0.05) is 29.8 Å². The Kier molecular flexibility index (Phi) is 2.79. The summed E-state index contributed by atoms with van der Waals surface area (Å²) in [6.45, 7) is 2.04. The second-order valence-corrected chi connectivity index (χ2v) is 4.87. The molecule has 0 atom stereocenters. The molecule has 0 aliphatic heterocycles. The van der Waals surface area contributed by atoms with Crippen LogP contribution in [0.15, 0.2) is 42.5 Å². The highest BCUT2D eigenvalue weighted by atomic mass is 16.4. The molecule has 3 rings (SSSR count). The number of fused-ring (bicyclic) bond motifs is 1. The highest BCUT2D eigenvalue weighted by Crippen LogP contribution is 2.24. The minimum atomic E-state index is -0.936. The maximum atomic E-state index is 11.0. The van der Waals surface area contributed by atoms with E-state index < -0.39 is 5.97 Å². The molecule has 0 aliphatic carbocycles. The minimum Gasteiger partial charge on any atom is -0.478 e. The Balaban J connectivity index is 2.19. The molecule has 3 aromatic rings. The van der Waals surface area contributed by atoms with Crippen LogP contribution in [0, 0.1) is 6.92 Å². The van der Waals surface area contributed by atoms with Crippen molar-refractivity contribution < 1.29 is 9.90 Å². The van der Waals surface area contributed by atoms with Crippen LogP contribution >= 0.6 is 0 Å². The van der Waals surface area contributed by atoms with Crippen LogP contribution in [0.25, 0.3) is 22.4 Å². The number of aryl methyl sites for hydroxylation is 2. The summed E-state index contributed by atoms with van der Waals surface area (Å²) in [6.07, 6.45) is 0. The maximum Gasteiger partial charge on any atom is 0.335 e. The number of imidazole rings is 1.